The molecule has 0 amide bonds. The summed E-state index contributed by atoms with van der Waals surface area (Å²) >= 11 is -4.97. The fourth-order valence-corrected chi connectivity index (χ4v) is 2.22. The van der Waals surface area contributed by atoms with Crippen LogP contribution in [0.2, 0.25) is 0 Å². The number of benzene rings is 1. The molecule has 0 saturated heterocycles. The molecule has 0 radical (unpaired) electrons. The van der Waals surface area contributed by atoms with Gasteiger partial charge in [0.05, 0.1) is 0 Å². The minimum absolute atomic E-state index is 0.278. The molecule has 0 heterocycles. The Hall–Kier alpha value is -1.14. The predicted molar refractivity (Wildman–Crippen MR) is 45.1 cm³/mol. The topological polar surface area (TPSA) is 110 Å². The Morgan fingerprint density at radius 1 is 1.50 bits per heavy atom. The third kappa shape index (κ3) is 2.21. The standard InChI is InChI=1S/C6H6AsNO6/c9-7(10,14-13)5-2-1-3-6(4-5)8(11)12/h1-4,13H,(H,9,10). The Bertz CT molecular complexity index is 405. The maximum atomic E-state index is 11.1. The fourth-order valence-electron chi connectivity index (χ4n) is 0.829. The second-order valence-corrected chi connectivity index (χ2v) is 5.99. The quantitative estimate of drug-likeness (QED) is 0.334. The van der Waals surface area contributed by atoms with Crippen molar-refractivity contribution >= 4 is 24.2 Å². The molecule has 0 spiro atoms. The van der Waals surface area contributed by atoms with Gasteiger partial charge in [-0.3, -0.25) is 0 Å². The molecule has 2 N–H and O–H groups in total. The molecule has 1 unspecified atom stereocenters. The molecule has 0 aliphatic carbocycles. The third-order valence-electron chi connectivity index (χ3n) is 1.48. The van der Waals surface area contributed by atoms with Crippen LogP contribution in [0.4, 0.5) is 5.69 Å². The van der Waals surface area contributed by atoms with E-state index in [1.165, 1.54) is 12.1 Å². The minimum atomic E-state index is -4.97. The zero-order valence-electron chi connectivity index (χ0n) is 6.73. The van der Waals surface area contributed by atoms with E-state index >= 15 is 0 Å². The van der Waals surface area contributed by atoms with Gasteiger partial charge in [-0.05, 0) is 0 Å². The van der Waals surface area contributed by atoms with Gasteiger partial charge >= 0.3 is 80.5 Å². The van der Waals surface area contributed by atoms with Gasteiger partial charge in [0.15, 0.2) is 0 Å². The Morgan fingerprint density at radius 2 is 2.14 bits per heavy atom. The summed E-state index contributed by atoms with van der Waals surface area (Å²) in [5.74, 6) is 0. The van der Waals surface area contributed by atoms with Gasteiger partial charge in [0.2, 0.25) is 0 Å². The average molecular weight is 263 g/mol. The van der Waals surface area contributed by atoms with E-state index in [9.17, 15) is 13.9 Å². The summed E-state index contributed by atoms with van der Waals surface area (Å²) in [7, 11) is 0. The molecule has 7 nitrogen and oxygen atoms in total. The van der Waals surface area contributed by atoms with Crippen molar-refractivity contribution < 1.29 is 21.9 Å². The van der Waals surface area contributed by atoms with E-state index in [0.717, 1.165) is 12.1 Å². The molecule has 1 aromatic rings. The predicted octanol–water partition coefficient (Wildman–Crippen LogP) is -0.347. The van der Waals surface area contributed by atoms with Gasteiger partial charge in [-0.1, -0.05) is 0 Å². The summed E-state index contributed by atoms with van der Waals surface area (Å²) in [6, 6.07) is 4.45. The van der Waals surface area contributed by atoms with Crippen LogP contribution in [0.25, 0.3) is 0 Å². The molecular weight excluding hydrogens is 257 g/mol. The number of nitro benzene ring substituents is 1. The average Bonchev–Trinajstić information content (AvgIpc) is 2.18. The normalized spacial score (nSPS) is 14.7. The van der Waals surface area contributed by atoms with Gasteiger partial charge in [0.25, 0.3) is 0 Å². The van der Waals surface area contributed by atoms with Crippen LogP contribution in [-0.4, -0.2) is 28.4 Å². The summed E-state index contributed by atoms with van der Waals surface area (Å²) < 4.78 is 23.2. The number of nitrogens with zero attached hydrogens (tertiary/aromatic N) is 1. The van der Waals surface area contributed by atoms with Crippen molar-refractivity contribution in [3.63, 3.8) is 0 Å². The third-order valence-corrected chi connectivity index (χ3v) is 3.89. The summed E-state index contributed by atoms with van der Waals surface area (Å²) in [4.78, 5) is 9.59. The van der Waals surface area contributed by atoms with E-state index in [1.54, 1.807) is 0 Å². The second-order valence-electron chi connectivity index (χ2n) is 2.38. The molecule has 0 aliphatic rings. The molecule has 1 rings (SSSR count). The molecule has 8 heteroatoms. The zero-order chi connectivity index (χ0) is 10.8. The first-order valence-corrected chi connectivity index (χ1v) is 6.69. The van der Waals surface area contributed by atoms with Crippen molar-refractivity contribution in [1.29, 1.82) is 0 Å². The molecule has 0 aliphatic heterocycles. The van der Waals surface area contributed by atoms with Gasteiger partial charge in [-0.2, -0.15) is 0 Å². The molecule has 14 heavy (non-hydrogen) atoms. The first kappa shape index (κ1) is 10.9. The molecule has 0 fully saturated rings. The summed E-state index contributed by atoms with van der Waals surface area (Å²) in [5.41, 5.74) is -0.338. The summed E-state index contributed by atoms with van der Waals surface area (Å²) in [6.07, 6.45) is 0. The Kier molecular flexibility index (Phi) is 3.07. The first-order chi connectivity index (χ1) is 6.47. The van der Waals surface area contributed by atoms with Crippen molar-refractivity contribution in [2.24, 2.45) is 0 Å². The van der Waals surface area contributed by atoms with Crippen LogP contribution < -0.4 is 4.35 Å². The second kappa shape index (κ2) is 3.93. The van der Waals surface area contributed by atoms with Crippen LogP contribution in [0, 0.1) is 10.1 Å². The first-order valence-electron chi connectivity index (χ1n) is 3.38. The number of non-ortho nitro benzene ring substituents is 1. The maximum absolute atomic E-state index is 11.1. The molecule has 1 aromatic carbocycles. The zero-order valence-corrected chi connectivity index (χ0v) is 8.61. The van der Waals surface area contributed by atoms with E-state index in [2.05, 4.69) is 3.88 Å². The van der Waals surface area contributed by atoms with Crippen LogP contribution >= 0.6 is 0 Å². The van der Waals surface area contributed by atoms with E-state index in [-0.39, 0.29) is 10.0 Å². The van der Waals surface area contributed by atoms with Crippen LogP contribution in [-0.2, 0) is 7.62 Å². The van der Waals surface area contributed by atoms with Crippen LogP contribution in [0.1, 0.15) is 0 Å². The Balaban J connectivity index is 3.19. The Morgan fingerprint density at radius 3 is 2.64 bits per heavy atom. The van der Waals surface area contributed by atoms with Gasteiger partial charge in [-0.15, -0.1) is 0 Å². The van der Waals surface area contributed by atoms with Crippen molar-refractivity contribution in [3.8, 4) is 0 Å². The van der Waals surface area contributed by atoms with E-state index in [0.29, 0.717) is 0 Å². The van der Waals surface area contributed by atoms with Crippen molar-refractivity contribution in [2.45, 2.75) is 0 Å². The monoisotopic (exact) mass is 263 g/mol. The van der Waals surface area contributed by atoms with Crippen molar-refractivity contribution in [2.75, 3.05) is 0 Å². The molecule has 0 aromatic heterocycles. The van der Waals surface area contributed by atoms with Crippen LogP contribution in [0.3, 0.4) is 0 Å². The van der Waals surface area contributed by atoms with Gasteiger partial charge in [0, 0.05) is 0 Å². The molecular formula is C6H6AsNO6. The van der Waals surface area contributed by atoms with Crippen LogP contribution in [0.5, 0.6) is 0 Å². The van der Waals surface area contributed by atoms with Gasteiger partial charge in [-0.25, -0.2) is 0 Å². The van der Waals surface area contributed by atoms with E-state index in [1.807, 2.05) is 0 Å². The fraction of sp³-hybridized carbons (Fsp3) is 0. The number of hydrogen-bond donors (Lipinski definition) is 2. The Labute approximate surface area is 81.0 Å². The molecule has 0 saturated carbocycles. The van der Waals surface area contributed by atoms with Crippen LogP contribution in [0.15, 0.2) is 24.3 Å². The molecule has 0 bridgehead atoms. The van der Waals surface area contributed by atoms with E-state index < -0.39 is 19.1 Å². The van der Waals surface area contributed by atoms with E-state index in [4.69, 9.17) is 9.35 Å². The molecule has 76 valence electrons. The SMILES string of the molecule is O=[N+]([O-])c1cccc([As](=O)(O)OO)c1. The number of nitro groups is 1. The van der Waals surface area contributed by atoms with Gasteiger partial charge in [0.1, 0.15) is 0 Å². The van der Waals surface area contributed by atoms with Gasteiger partial charge < -0.3 is 0 Å². The summed E-state index contributed by atoms with van der Waals surface area (Å²) in [5, 5.41) is 18.4. The number of rotatable bonds is 3. The summed E-state index contributed by atoms with van der Waals surface area (Å²) in [6.45, 7) is 0. The molecule has 1 atom stereocenters. The number of hydrogen-bond acceptors (Lipinski definition) is 5. The van der Waals surface area contributed by atoms with Crippen molar-refractivity contribution in [1.82, 2.24) is 0 Å². The van der Waals surface area contributed by atoms with Crippen molar-refractivity contribution in [3.05, 3.63) is 34.4 Å².